The molecule has 1 aromatic rings. The van der Waals surface area contributed by atoms with E-state index in [4.69, 9.17) is 9.15 Å². The van der Waals surface area contributed by atoms with Crippen LogP contribution in [0.1, 0.15) is 24.8 Å². The molecule has 0 radical (unpaired) electrons. The molecule has 2 saturated heterocycles. The van der Waals surface area contributed by atoms with E-state index in [9.17, 15) is 0 Å². The Morgan fingerprint density at radius 2 is 2.20 bits per heavy atom. The van der Waals surface area contributed by atoms with Crippen molar-refractivity contribution in [2.75, 3.05) is 32.8 Å². The summed E-state index contributed by atoms with van der Waals surface area (Å²) in [5.41, 5.74) is 1.29. The molecule has 20 heavy (non-hydrogen) atoms. The minimum atomic E-state index is 0.481. The van der Waals surface area contributed by atoms with Gasteiger partial charge in [0.15, 0.2) is 0 Å². The molecule has 0 amide bonds. The van der Waals surface area contributed by atoms with Crippen LogP contribution in [0.5, 0.6) is 0 Å². The van der Waals surface area contributed by atoms with Gasteiger partial charge in [-0.3, -0.25) is 9.80 Å². The molecule has 3 fully saturated rings. The van der Waals surface area contributed by atoms with Gasteiger partial charge in [0, 0.05) is 50.9 Å². The second kappa shape index (κ2) is 5.51. The molecule has 4 heteroatoms. The molecule has 0 aromatic carbocycles. The van der Waals surface area contributed by atoms with E-state index in [1.807, 2.05) is 6.26 Å². The lowest BCUT2D eigenvalue weighted by atomic mass is 10.1. The van der Waals surface area contributed by atoms with Crippen LogP contribution < -0.4 is 0 Å². The van der Waals surface area contributed by atoms with Gasteiger partial charge in [0.05, 0.1) is 18.6 Å². The lowest BCUT2D eigenvalue weighted by Crippen LogP contribution is -2.49. The number of hydrogen-bond donors (Lipinski definition) is 0. The minimum absolute atomic E-state index is 0.481. The highest BCUT2D eigenvalue weighted by molar-refractivity contribution is 5.05. The van der Waals surface area contributed by atoms with Gasteiger partial charge in [-0.05, 0) is 31.2 Å². The third-order valence-electron chi connectivity index (χ3n) is 4.91. The normalized spacial score (nSPS) is 31.6. The molecule has 2 atom stereocenters. The third-order valence-corrected chi connectivity index (χ3v) is 4.91. The van der Waals surface area contributed by atoms with E-state index in [2.05, 4.69) is 15.9 Å². The fourth-order valence-electron chi connectivity index (χ4n) is 3.52. The Bertz CT molecular complexity index is 430. The van der Waals surface area contributed by atoms with Crippen molar-refractivity contribution < 1.29 is 9.15 Å². The Labute approximate surface area is 120 Å². The lowest BCUT2D eigenvalue weighted by molar-refractivity contribution is 0.0508. The summed E-state index contributed by atoms with van der Waals surface area (Å²) in [5, 5.41) is 0. The van der Waals surface area contributed by atoms with E-state index in [1.165, 1.54) is 37.9 Å². The van der Waals surface area contributed by atoms with Gasteiger partial charge in [0.25, 0.3) is 0 Å². The Hall–Kier alpha value is -0.840. The van der Waals surface area contributed by atoms with E-state index in [0.717, 1.165) is 32.2 Å². The smallest absolute Gasteiger partial charge is 0.0947 e. The van der Waals surface area contributed by atoms with Crippen molar-refractivity contribution in [3.8, 4) is 0 Å². The average Bonchev–Trinajstić information content (AvgIpc) is 2.97. The first-order valence-electron chi connectivity index (χ1n) is 7.96. The third kappa shape index (κ3) is 2.92. The van der Waals surface area contributed by atoms with E-state index in [-0.39, 0.29) is 0 Å². The first-order chi connectivity index (χ1) is 9.87. The van der Waals surface area contributed by atoms with Crippen molar-refractivity contribution in [3.05, 3.63) is 24.2 Å². The summed E-state index contributed by atoms with van der Waals surface area (Å²) in [6, 6.07) is 2.77. The molecule has 0 N–H and O–H groups in total. The molecule has 1 aromatic heterocycles. The molecule has 2 unspecified atom stereocenters. The van der Waals surface area contributed by atoms with Crippen molar-refractivity contribution in [1.82, 2.24) is 9.80 Å². The Morgan fingerprint density at radius 1 is 1.25 bits per heavy atom. The Kier molecular flexibility index (Phi) is 3.54. The van der Waals surface area contributed by atoms with Gasteiger partial charge in [-0.25, -0.2) is 0 Å². The number of piperazine rings is 1. The summed E-state index contributed by atoms with van der Waals surface area (Å²) in [6.07, 6.45) is 8.10. The molecule has 4 rings (SSSR count). The van der Waals surface area contributed by atoms with Gasteiger partial charge in [-0.15, -0.1) is 0 Å². The second-order valence-corrected chi connectivity index (χ2v) is 6.65. The van der Waals surface area contributed by atoms with Crippen molar-refractivity contribution in [2.24, 2.45) is 5.92 Å². The molecule has 3 heterocycles. The molecule has 2 aliphatic heterocycles. The summed E-state index contributed by atoms with van der Waals surface area (Å²) >= 11 is 0. The monoisotopic (exact) mass is 276 g/mol. The van der Waals surface area contributed by atoms with Gasteiger partial charge >= 0.3 is 0 Å². The van der Waals surface area contributed by atoms with Crippen LogP contribution in [-0.2, 0) is 11.3 Å². The summed E-state index contributed by atoms with van der Waals surface area (Å²) in [6.45, 7) is 6.70. The molecule has 0 spiro atoms. The lowest BCUT2D eigenvalue weighted by Gasteiger charge is -2.37. The average molecular weight is 276 g/mol. The highest BCUT2D eigenvalue weighted by Crippen LogP contribution is 2.31. The summed E-state index contributed by atoms with van der Waals surface area (Å²) in [7, 11) is 0. The largest absolute Gasteiger partial charge is 0.472 e. The minimum Gasteiger partial charge on any atom is -0.472 e. The van der Waals surface area contributed by atoms with E-state index < -0.39 is 0 Å². The molecular formula is C16H24N2O2. The number of rotatable bonds is 5. The van der Waals surface area contributed by atoms with Crippen LogP contribution in [0.25, 0.3) is 0 Å². The number of hydrogen-bond acceptors (Lipinski definition) is 4. The van der Waals surface area contributed by atoms with Crippen molar-refractivity contribution in [2.45, 2.75) is 38.0 Å². The molecule has 3 aliphatic rings. The fraction of sp³-hybridized carbons (Fsp3) is 0.750. The maximum absolute atomic E-state index is 6.08. The zero-order valence-electron chi connectivity index (χ0n) is 12.0. The molecule has 0 bridgehead atoms. The second-order valence-electron chi connectivity index (χ2n) is 6.65. The summed E-state index contributed by atoms with van der Waals surface area (Å²) in [5.74, 6) is 0.880. The highest BCUT2D eigenvalue weighted by Gasteiger charge is 2.37. The van der Waals surface area contributed by atoms with Crippen LogP contribution in [0.15, 0.2) is 23.0 Å². The van der Waals surface area contributed by atoms with Crippen LogP contribution in [0.4, 0.5) is 0 Å². The van der Waals surface area contributed by atoms with Gasteiger partial charge in [0.2, 0.25) is 0 Å². The first kappa shape index (κ1) is 12.9. The molecule has 1 saturated carbocycles. The predicted octanol–water partition coefficient (Wildman–Crippen LogP) is 1.96. The zero-order chi connectivity index (χ0) is 13.4. The number of ether oxygens (including phenoxy) is 1. The fourth-order valence-corrected chi connectivity index (χ4v) is 3.52. The predicted molar refractivity (Wildman–Crippen MR) is 76.4 cm³/mol. The van der Waals surface area contributed by atoms with E-state index in [1.54, 1.807) is 6.26 Å². The van der Waals surface area contributed by atoms with Crippen LogP contribution in [-0.4, -0.2) is 54.7 Å². The van der Waals surface area contributed by atoms with Gasteiger partial charge in [0.1, 0.15) is 0 Å². The molecule has 1 aliphatic carbocycles. The van der Waals surface area contributed by atoms with E-state index >= 15 is 0 Å². The topological polar surface area (TPSA) is 28.9 Å². The summed E-state index contributed by atoms with van der Waals surface area (Å²) in [4.78, 5) is 5.18. The summed E-state index contributed by atoms with van der Waals surface area (Å²) < 4.78 is 11.2. The molecule has 110 valence electrons. The van der Waals surface area contributed by atoms with Gasteiger partial charge < -0.3 is 9.15 Å². The van der Waals surface area contributed by atoms with Crippen molar-refractivity contribution in [3.63, 3.8) is 0 Å². The van der Waals surface area contributed by atoms with E-state index in [0.29, 0.717) is 12.1 Å². The van der Waals surface area contributed by atoms with Crippen LogP contribution >= 0.6 is 0 Å². The molecular weight excluding hydrogens is 252 g/mol. The van der Waals surface area contributed by atoms with Crippen molar-refractivity contribution >= 4 is 0 Å². The van der Waals surface area contributed by atoms with Crippen molar-refractivity contribution in [1.29, 1.82) is 0 Å². The van der Waals surface area contributed by atoms with Crippen LogP contribution in [0.2, 0.25) is 0 Å². The maximum Gasteiger partial charge on any atom is 0.0947 e. The SMILES string of the molecule is c1cc(CN2CCN3CC(OCC4CC4)CC3C2)co1. The van der Waals surface area contributed by atoms with Gasteiger partial charge in [-0.2, -0.15) is 0 Å². The number of fused-ring (bicyclic) bond motifs is 1. The Morgan fingerprint density at radius 3 is 3.00 bits per heavy atom. The maximum atomic E-state index is 6.08. The zero-order valence-corrected chi connectivity index (χ0v) is 12.0. The first-order valence-corrected chi connectivity index (χ1v) is 7.96. The molecule has 4 nitrogen and oxygen atoms in total. The van der Waals surface area contributed by atoms with Crippen LogP contribution in [0.3, 0.4) is 0 Å². The highest BCUT2D eigenvalue weighted by atomic mass is 16.5. The number of furan rings is 1. The van der Waals surface area contributed by atoms with Crippen LogP contribution in [0, 0.1) is 5.92 Å². The standard InChI is InChI=1S/C16H24N2O2/c1-2-13(1)12-20-16-7-15-9-17(4-5-18(15)10-16)8-14-3-6-19-11-14/h3,6,11,13,15-16H,1-2,4-5,7-10,12H2. The van der Waals surface area contributed by atoms with Gasteiger partial charge in [-0.1, -0.05) is 0 Å². The Balaban J connectivity index is 1.28. The quantitative estimate of drug-likeness (QED) is 0.822. The number of nitrogens with zero attached hydrogens (tertiary/aromatic N) is 2.